The third-order valence-electron chi connectivity index (χ3n) is 1.36. The fourth-order valence-corrected chi connectivity index (χ4v) is 2.62. The van der Waals surface area contributed by atoms with Crippen LogP contribution in [0.3, 0.4) is 0 Å². The molecule has 74 valence electrons. The van der Waals surface area contributed by atoms with Crippen molar-refractivity contribution in [3.05, 3.63) is 0 Å². The Kier molecular flexibility index (Phi) is 2.31. The molecule has 10 heteroatoms. The van der Waals surface area contributed by atoms with Gasteiger partial charge in [-0.3, -0.25) is 0 Å². The van der Waals surface area contributed by atoms with Gasteiger partial charge in [0, 0.05) is 0 Å². The molecule has 0 N–H and O–H groups in total. The smallest absolute Gasteiger partial charge is 0.123 e. The van der Waals surface area contributed by atoms with E-state index in [1.54, 1.807) is 13.8 Å². The summed E-state index contributed by atoms with van der Waals surface area (Å²) in [5, 5.41) is 29.2. The molecule has 2 heterocycles. The van der Waals surface area contributed by atoms with Crippen LogP contribution in [0.1, 0.15) is 13.8 Å². The van der Waals surface area contributed by atoms with Crippen LogP contribution in [0.2, 0.25) is 0 Å². The van der Waals surface area contributed by atoms with Crippen molar-refractivity contribution in [2.45, 2.75) is 23.8 Å². The lowest BCUT2D eigenvalue weighted by atomic mass is 10.6. The summed E-state index contributed by atoms with van der Waals surface area (Å²) in [6, 6.07) is 0. The highest BCUT2D eigenvalue weighted by Gasteiger charge is 2.36. The van der Waals surface area contributed by atoms with E-state index in [0.29, 0.717) is 0 Å². The largest absolute Gasteiger partial charge is 0.247 e. The molecule has 8 nitrogen and oxygen atoms in total. The zero-order valence-electron chi connectivity index (χ0n) is 7.39. The molecule has 0 aromatic heterocycles. The minimum absolute atomic E-state index is 0.679. The number of hydrogen-bond donors (Lipinski definition) is 0. The Balaban J connectivity index is 1.94. The molecule has 0 amide bonds. The molecule has 0 radical (unpaired) electrons. The van der Waals surface area contributed by atoms with Gasteiger partial charge >= 0.3 is 0 Å². The van der Waals surface area contributed by atoms with Gasteiger partial charge in [-0.05, 0) is 56.3 Å². The molecule has 0 saturated heterocycles. The molecule has 2 aliphatic rings. The molecule has 0 bridgehead atoms. The molecule has 0 aromatic rings. The molecule has 0 atom stereocenters. The van der Waals surface area contributed by atoms with Gasteiger partial charge in [0.2, 0.25) is 9.99 Å². The summed E-state index contributed by atoms with van der Waals surface area (Å²) in [5.74, 6) is 0. The van der Waals surface area contributed by atoms with Crippen molar-refractivity contribution in [3.8, 4) is 0 Å². The summed E-state index contributed by atoms with van der Waals surface area (Å²) in [6.45, 7) is 3.61. The van der Waals surface area contributed by atoms with Crippen LogP contribution in [0.5, 0.6) is 0 Å². The van der Waals surface area contributed by atoms with Crippen molar-refractivity contribution in [2.75, 3.05) is 0 Å². The molecule has 0 aliphatic carbocycles. The van der Waals surface area contributed by atoms with Crippen LogP contribution in [0.4, 0.5) is 0 Å². The molecule has 0 unspecified atom stereocenters. The minimum atomic E-state index is -0.679. The van der Waals surface area contributed by atoms with Gasteiger partial charge in [0.05, 0.1) is 0 Å². The second-order valence-corrected chi connectivity index (χ2v) is 5.67. The molecule has 2 aliphatic heterocycles. The summed E-state index contributed by atoms with van der Waals surface area (Å²) < 4.78 is 0. The van der Waals surface area contributed by atoms with Crippen LogP contribution in [-0.4, -0.2) is 9.99 Å². The maximum Gasteiger partial charge on any atom is 0.247 e. The first-order valence-electron chi connectivity index (χ1n) is 3.67. The van der Waals surface area contributed by atoms with Gasteiger partial charge in [-0.2, -0.15) is 0 Å². The third-order valence-corrected chi connectivity index (χ3v) is 4.54. The second kappa shape index (κ2) is 3.35. The minimum Gasteiger partial charge on any atom is -0.123 e. The van der Waals surface area contributed by atoms with Crippen molar-refractivity contribution < 1.29 is 0 Å². The quantitative estimate of drug-likeness (QED) is 0.694. The van der Waals surface area contributed by atoms with E-state index in [9.17, 15) is 0 Å². The van der Waals surface area contributed by atoms with Crippen molar-refractivity contribution >= 4 is 21.6 Å². The highest BCUT2D eigenvalue weighted by Crippen LogP contribution is 2.49. The van der Waals surface area contributed by atoms with E-state index in [1.165, 1.54) is 21.6 Å². The van der Waals surface area contributed by atoms with E-state index >= 15 is 0 Å². The first-order valence-corrected chi connectivity index (χ1v) is 5.82. The van der Waals surface area contributed by atoms with E-state index in [0.717, 1.165) is 0 Å². The number of hydrogen-bond acceptors (Lipinski definition) is 10. The lowest BCUT2D eigenvalue weighted by Crippen LogP contribution is -2.13. The Labute approximate surface area is 87.2 Å². The zero-order valence-corrected chi connectivity index (χ0v) is 9.03. The van der Waals surface area contributed by atoms with Crippen LogP contribution in [0, 0.1) is 0 Å². The summed E-state index contributed by atoms with van der Waals surface area (Å²) in [6.07, 6.45) is 0. The summed E-state index contributed by atoms with van der Waals surface area (Å²) >= 11 is 0. The maximum atomic E-state index is 3.85. The van der Waals surface area contributed by atoms with E-state index < -0.39 is 9.99 Å². The lowest BCUT2D eigenvalue weighted by Gasteiger charge is -2.16. The predicted molar refractivity (Wildman–Crippen MR) is 51.4 cm³/mol. The fraction of sp³-hybridized carbons (Fsp3) is 1.00. The molecular formula is C4H6N8S2. The van der Waals surface area contributed by atoms with Gasteiger partial charge in [0.25, 0.3) is 0 Å². The van der Waals surface area contributed by atoms with Crippen LogP contribution in [0.15, 0.2) is 41.4 Å². The Hall–Kier alpha value is -0.900. The Morgan fingerprint density at radius 1 is 0.643 bits per heavy atom. The lowest BCUT2D eigenvalue weighted by molar-refractivity contribution is 0.706. The molecule has 14 heavy (non-hydrogen) atoms. The van der Waals surface area contributed by atoms with Gasteiger partial charge in [0.1, 0.15) is 0 Å². The van der Waals surface area contributed by atoms with Crippen molar-refractivity contribution in [3.63, 3.8) is 0 Å². The van der Waals surface area contributed by atoms with Gasteiger partial charge in [-0.25, -0.2) is 0 Å². The summed E-state index contributed by atoms with van der Waals surface area (Å²) in [7, 11) is 2.74. The molecular weight excluding hydrogens is 224 g/mol. The Bertz CT molecular complexity index is 287. The van der Waals surface area contributed by atoms with Gasteiger partial charge in [-0.15, -0.1) is 20.5 Å². The highest BCUT2D eigenvalue weighted by molar-refractivity contribution is 8.77. The third kappa shape index (κ3) is 1.95. The average molecular weight is 230 g/mol. The predicted octanol–water partition coefficient (Wildman–Crippen LogP) is 3.38. The van der Waals surface area contributed by atoms with E-state index in [1.807, 2.05) is 0 Å². The first-order chi connectivity index (χ1) is 6.62. The average Bonchev–Trinajstić information content (AvgIpc) is 2.74. The van der Waals surface area contributed by atoms with Crippen LogP contribution < -0.4 is 0 Å². The maximum absolute atomic E-state index is 3.85. The zero-order chi connectivity index (χ0) is 10.1. The van der Waals surface area contributed by atoms with Gasteiger partial charge in [0.15, 0.2) is 0 Å². The molecule has 0 spiro atoms. The summed E-state index contributed by atoms with van der Waals surface area (Å²) in [4.78, 5) is -1.36. The Morgan fingerprint density at radius 3 is 1.21 bits per heavy atom. The normalized spacial score (nSPS) is 25.0. The Morgan fingerprint density at radius 2 is 0.929 bits per heavy atom. The van der Waals surface area contributed by atoms with Crippen LogP contribution >= 0.6 is 21.6 Å². The van der Waals surface area contributed by atoms with Crippen molar-refractivity contribution in [2.24, 2.45) is 41.4 Å². The van der Waals surface area contributed by atoms with Crippen molar-refractivity contribution in [1.82, 2.24) is 0 Å². The molecule has 0 aromatic carbocycles. The van der Waals surface area contributed by atoms with Crippen LogP contribution in [0.25, 0.3) is 0 Å². The van der Waals surface area contributed by atoms with Crippen LogP contribution in [-0.2, 0) is 0 Å². The van der Waals surface area contributed by atoms with E-state index in [4.69, 9.17) is 0 Å². The number of rotatable bonds is 3. The standard InChI is InChI=1S/C4H6N8S2/c1-3(5-9-10-6-3)13-14-4(2)7-11-12-8-4/h1-2H3. The monoisotopic (exact) mass is 230 g/mol. The van der Waals surface area contributed by atoms with Gasteiger partial charge < -0.3 is 0 Å². The SMILES string of the molecule is CC1(SSC2(C)N=NN=N2)N=NN=N1. The topological polar surface area (TPSA) is 98.9 Å². The molecule has 2 rings (SSSR count). The fourth-order valence-electron chi connectivity index (χ4n) is 0.676. The van der Waals surface area contributed by atoms with E-state index in [2.05, 4.69) is 41.4 Å². The number of nitrogens with zero attached hydrogens (tertiary/aromatic N) is 8. The van der Waals surface area contributed by atoms with Crippen molar-refractivity contribution in [1.29, 1.82) is 0 Å². The first kappa shape index (κ1) is 9.65. The summed E-state index contributed by atoms with van der Waals surface area (Å²) in [5.41, 5.74) is 0. The molecule has 0 fully saturated rings. The second-order valence-electron chi connectivity index (χ2n) is 2.79. The highest BCUT2D eigenvalue weighted by atomic mass is 33.1. The van der Waals surface area contributed by atoms with E-state index in [-0.39, 0.29) is 0 Å². The van der Waals surface area contributed by atoms with Gasteiger partial charge in [-0.1, -0.05) is 0 Å². The molecule has 0 saturated carbocycles.